The van der Waals surface area contributed by atoms with Crippen LogP contribution in [0.25, 0.3) is 0 Å². The number of aromatic nitrogens is 2. The van der Waals surface area contributed by atoms with Gasteiger partial charge in [0, 0.05) is 17.6 Å². The summed E-state index contributed by atoms with van der Waals surface area (Å²) in [7, 11) is 0. The molecule has 1 saturated carbocycles. The van der Waals surface area contributed by atoms with E-state index in [1.807, 2.05) is 4.68 Å². The molecule has 1 aliphatic rings. The molecule has 1 aromatic heterocycles. The van der Waals surface area contributed by atoms with Crippen molar-refractivity contribution in [1.29, 1.82) is 0 Å². The fourth-order valence-electron chi connectivity index (χ4n) is 3.25. The molecule has 0 aliphatic heterocycles. The molecule has 0 saturated heterocycles. The van der Waals surface area contributed by atoms with Crippen molar-refractivity contribution in [2.24, 2.45) is 11.8 Å². The zero-order valence-electron chi connectivity index (χ0n) is 12.5. The van der Waals surface area contributed by atoms with Gasteiger partial charge in [-0.15, -0.1) is 11.6 Å². The average Bonchev–Trinajstić information content (AvgIpc) is 2.82. The Morgan fingerprint density at radius 2 is 2.21 bits per heavy atom. The lowest BCUT2D eigenvalue weighted by atomic mass is 9.77. The third-order valence-electron chi connectivity index (χ3n) is 4.36. The van der Waals surface area contributed by atoms with Crippen LogP contribution in [0.3, 0.4) is 0 Å². The monoisotopic (exact) mass is 282 g/mol. The van der Waals surface area contributed by atoms with Gasteiger partial charge in [0.05, 0.1) is 5.69 Å². The molecule has 0 aromatic carbocycles. The van der Waals surface area contributed by atoms with E-state index >= 15 is 0 Å². The highest BCUT2D eigenvalue weighted by molar-refractivity contribution is 6.20. The van der Waals surface area contributed by atoms with E-state index in [9.17, 15) is 0 Å². The molecular weight excluding hydrogens is 256 g/mol. The van der Waals surface area contributed by atoms with Crippen molar-refractivity contribution in [3.63, 3.8) is 0 Å². The summed E-state index contributed by atoms with van der Waals surface area (Å²) in [4.78, 5) is 0. The maximum Gasteiger partial charge on any atom is 0.0628 e. The van der Waals surface area contributed by atoms with Gasteiger partial charge in [-0.25, -0.2) is 0 Å². The van der Waals surface area contributed by atoms with Gasteiger partial charge in [0.2, 0.25) is 0 Å². The number of rotatable bonds is 5. The molecule has 0 amide bonds. The number of alkyl halides is 1. The van der Waals surface area contributed by atoms with E-state index in [1.165, 1.54) is 37.8 Å². The molecule has 2 nitrogen and oxygen atoms in total. The van der Waals surface area contributed by atoms with Crippen LogP contribution in [0.1, 0.15) is 64.6 Å². The van der Waals surface area contributed by atoms with Crippen molar-refractivity contribution in [3.8, 4) is 0 Å². The summed E-state index contributed by atoms with van der Waals surface area (Å²) in [6, 6.07) is 2.60. The SMILES string of the molecule is CCCC1CCC(Cl)C(Cc2ccn(C(C)C)n2)C1. The summed E-state index contributed by atoms with van der Waals surface area (Å²) < 4.78 is 2.05. The molecule has 3 atom stereocenters. The summed E-state index contributed by atoms with van der Waals surface area (Å²) in [6.45, 7) is 6.62. The van der Waals surface area contributed by atoms with Crippen molar-refractivity contribution in [3.05, 3.63) is 18.0 Å². The third kappa shape index (κ3) is 3.98. The van der Waals surface area contributed by atoms with Crippen molar-refractivity contribution in [1.82, 2.24) is 9.78 Å². The average molecular weight is 283 g/mol. The number of nitrogens with zero attached hydrogens (tertiary/aromatic N) is 2. The Balaban J connectivity index is 1.95. The molecule has 108 valence electrons. The van der Waals surface area contributed by atoms with Gasteiger partial charge in [-0.2, -0.15) is 5.10 Å². The summed E-state index contributed by atoms with van der Waals surface area (Å²) >= 11 is 6.53. The van der Waals surface area contributed by atoms with Crippen LogP contribution in [0.5, 0.6) is 0 Å². The predicted octanol–water partition coefficient (Wildman–Crippen LogP) is 4.83. The molecule has 1 fully saturated rings. The van der Waals surface area contributed by atoms with Crippen LogP contribution in [0.15, 0.2) is 12.3 Å². The zero-order valence-corrected chi connectivity index (χ0v) is 13.2. The second-order valence-electron chi connectivity index (χ2n) is 6.33. The van der Waals surface area contributed by atoms with Crippen LogP contribution in [-0.4, -0.2) is 15.2 Å². The van der Waals surface area contributed by atoms with Gasteiger partial charge in [-0.05, 0) is 57.4 Å². The smallest absolute Gasteiger partial charge is 0.0628 e. The van der Waals surface area contributed by atoms with Crippen molar-refractivity contribution in [2.45, 2.75) is 70.7 Å². The van der Waals surface area contributed by atoms with Gasteiger partial charge in [0.15, 0.2) is 0 Å². The number of halogens is 1. The second kappa shape index (κ2) is 6.78. The maximum atomic E-state index is 6.53. The minimum Gasteiger partial charge on any atom is -0.270 e. The normalized spacial score (nSPS) is 27.9. The molecular formula is C16H27ClN2. The van der Waals surface area contributed by atoms with E-state index in [0.717, 1.165) is 12.3 Å². The number of hydrogen-bond donors (Lipinski definition) is 0. The Morgan fingerprint density at radius 1 is 1.42 bits per heavy atom. The van der Waals surface area contributed by atoms with Gasteiger partial charge in [-0.3, -0.25) is 4.68 Å². The highest BCUT2D eigenvalue weighted by atomic mass is 35.5. The lowest BCUT2D eigenvalue weighted by Gasteiger charge is -2.32. The highest BCUT2D eigenvalue weighted by Crippen LogP contribution is 2.36. The van der Waals surface area contributed by atoms with Gasteiger partial charge in [0.25, 0.3) is 0 Å². The molecule has 3 heteroatoms. The first-order valence-electron chi connectivity index (χ1n) is 7.78. The minimum atomic E-state index is 0.345. The van der Waals surface area contributed by atoms with Crippen LogP contribution >= 0.6 is 11.6 Å². The van der Waals surface area contributed by atoms with Crippen LogP contribution in [0.2, 0.25) is 0 Å². The lowest BCUT2D eigenvalue weighted by molar-refractivity contribution is 0.255. The highest BCUT2D eigenvalue weighted by Gasteiger charge is 2.29. The molecule has 1 aromatic rings. The molecule has 1 heterocycles. The predicted molar refractivity (Wildman–Crippen MR) is 81.7 cm³/mol. The molecule has 0 radical (unpaired) electrons. The summed E-state index contributed by atoms with van der Waals surface area (Å²) in [5, 5.41) is 5.01. The molecule has 2 rings (SSSR count). The van der Waals surface area contributed by atoms with Gasteiger partial charge in [-0.1, -0.05) is 19.8 Å². The minimum absolute atomic E-state index is 0.345. The Bertz CT molecular complexity index is 386. The molecule has 0 spiro atoms. The first kappa shape index (κ1) is 14.9. The van der Waals surface area contributed by atoms with E-state index in [-0.39, 0.29) is 0 Å². The largest absolute Gasteiger partial charge is 0.270 e. The Morgan fingerprint density at radius 3 is 2.84 bits per heavy atom. The zero-order chi connectivity index (χ0) is 13.8. The van der Waals surface area contributed by atoms with E-state index in [0.29, 0.717) is 17.3 Å². The van der Waals surface area contributed by atoms with Crippen LogP contribution in [0, 0.1) is 11.8 Å². The maximum absolute atomic E-state index is 6.53. The van der Waals surface area contributed by atoms with Crippen LogP contribution in [-0.2, 0) is 6.42 Å². The summed E-state index contributed by atoms with van der Waals surface area (Å²) in [6.07, 6.45) is 9.59. The Hall–Kier alpha value is -0.500. The molecule has 0 N–H and O–H groups in total. The second-order valence-corrected chi connectivity index (χ2v) is 6.89. The topological polar surface area (TPSA) is 17.8 Å². The third-order valence-corrected chi connectivity index (χ3v) is 4.93. The van der Waals surface area contributed by atoms with E-state index in [2.05, 4.69) is 38.1 Å². The summed E-state index contributed by atoms with van der Waals surface area (Å²) in [5.74, 6) is 1.50. The number of hydrogen-bond acceptors (Lipinski definition) is 1. The van der Waals surface area contributed by atoms with Crippen LogP contribution in [0.4, 0.5) is 0 Å². The Kier molecular flexibility index (Phi) is 5.32. The summed E-state index contributed by atoms with van der Waals surface area (Å²) in [5.41, 5.74) is 1.21. The fraction of sp³-hybridized carbons (Fsp3) is 0.812. The molecule has 1 aliphatic carbocycles. The standard InChI is InChI=1S/C16H27ClN2/c1-4-5-13-6-7-16(17)14(10-13)11-15-8-9-19(18-15)12(2)3/h8-9,12-14,16H,4-7,10-11H2,1-3H3. The molecule has 3 unspecified atom stereocenters. The van der Waals surface area contributed by atoms with Gasteiger partial charge >= 0.3 is 0 Å². The van der Waals surface area contributed by atoms with Gasteiger partial charge in [0.1, 0.15) is 0 Å². The molecule has 0 bridgehead atoms. The van der Waals surface area contributed by atoms with Crippen molar-refractivity contribution in [2.75, 3.05) is 0 Å². The Labute approximate surface area is 122 Å². The van der Waals surface area contributed by atoms with Crippen molar-refractivity contribution < 1.29 is 0 Å². The van der Waals surface area contributed by atoms with E-state index in [4.69, 9.17) is 11.6 Å². The first-order chi connectivity index (χ1) is 9.10. The van der Waals surface area contributed by atoms with E-state index in [1.54, 1.807) is 0 Å². The molecule has 19 heavy (non-hydrogen) atoms. The van der Waals surface area contributed by atoms with Gasteiger partial charge < -0.3 is 0 Å². The van der Waals surface area contributed by atoms with Crippen molar-refractivity contribution >= 4 is 11.6 Å². The lowest BCUT2D eigenvalue weighted by Crippen LogP contribution is -2.27. The van der Waals surface area contributed by atoms with Crippen LogP contribution < -0.4 is 0 Å². The first-order valence-corrected chi connectivity index (χ1v) is 8.21. The quantitative estimate of drug-likeness (QED) is 0.707. The fourth-order valence-corrected chi connectivity index (χ4v) is 3.57. The van der Waals surface area contributed by atoms with E-state index < -0.39 is 0 Å².